The standard InChI is InChI=1S/C36H46O6/c1-3-5-7-9-11-13-22-41-29-18-20-31(33(37)25-29)35(39)27-16-15-17-28(24-27)36(40)32-21-19-30(26-34(32)38)42-23-14-12-10-8-6-4-2/h15-21,24-26,37-38H,3-14,22-23H2,1-2H3. The number of ketones is 2. The second-order valence-electron chi connectivity index (χ2n) is 10.8. The van der Waals surface area contributed by atoms with Gasteiger partial charge in [-0.05, 0) is 43.2 Å². The van der Waals surface area contributed by atoms with Gasteiger partial charge in [0.25, 0.3) is 0 Å². The molecule has 6 nitrogen and oxygen atoms in total. The van der Waals surface area contributed by atoms with Gasteiger partial charge in [-0.3, -0.25) is 9.59 Å². The molecule has 0 saturated carbocycles. The van der Waals surface area contributed by atoms with Gasteiger partial charge >= 0.3 is 0 Å². The minimum absolute atomic E-state index is 0.126. The molecule has 0 spiro atoms. The maximum Gasteiger partial charge on any atom is 0.196 e. The van der Waals surface area contributed by atoms with E-state index >= 15 is 0 Å². The topological polar surface area (TPSA) is 93.1 Å². The number of carbonyl (C=O) groups is 2. The maximum absolute atomic E-state index is 13.2. The van der Waals surface area contributed by atoms with Crippen LogP contribution in [0.25, 0.3) is 0 Å². The number of ether oxygens (including phenoxy) is 2. The molecule has 0 aromatic heterocycles. The molecule has 0 bridgehead atoms. The molecule has 3 rings (SSSR count). The van der Waals surface area contributed by atoms with E-state index in [1.54, 1.807) is 42.5 Å². The zero-order valence-electron chi connectivity index (χ0n) is 25.2. The Hall–Kier alpha value is -3.80. The molecule has 0 aliphatic heterocycles. The summed E-state index contributed by atoms with van der Waals surface area (Å²) in [6, 6.07) is 15.6. The van der Waals surface area contributed by atoms with Crippen molar-refractivity contribution in [1.82, 2.24) is 0 Å². The van der Waals surface area contributed by atoms with Crippen LogP contribution in [0.2, 0.25) is 0 Å². The lowest BCUT2D eigenvalue weighted by Crippen LogP contribution is -2.07. The molecule has 0 saturated heterocycles. The molecule has 2 N–H and O–H groups in total. The molecule has 0 aliphatic rings. The number of phenolic OH excluding ortho intramolecular Hbond substituents is 2. The van der Waals surface area contributed by atoms with E-state index in [1.807, 2.05) is 0 Å². The highest BCUT2D eigenvalue weighted by Gasteiger charge is 2.19. The number of hydrogen-bond donors (Lipinski definition) is 2. The van der Waals surface area contributed by atoms with Gasteiger partial charge < -0.3 is 19.7 Å². The van der Waals surface area contributed by atoms with Crippen LogP contribution in [0.5, 0.6) is 23.0 Å². The summed E-state index contributed by atoms with van der Waals surface area (Å²) in [4.78, 5) is 26.4. The molecule has 0 radical (unpaired) electrons. The Balaban J connectivity index is 1.57. The number of carbonyl (C=O) groups excluding carboxylic acids is 2. The van der Waals surface area contributed by atoms with E-state index in [1.165, 1.54) is 69.6 Å². The lowest BCUT2D eigenvalue weighted by Gasteiger charge is -2.11. The summed E-state index contributed by atoms with van der Waals surface area (Å²) >= 11 is 0. The van der Waals surface area contributed by atoms with E-state index in [4.69, 9.17) is 9.47 Å². The molecule has 0 aliphatic carbocycles. The third kappa shape index (κ3) is 10.2. The summed E-state index contributed by atoms with van der Waals surface area (Å²) in [5, 5.41) is 21.1. The highest BCUT2D eigenvalue weighted by atomic mass is 16.5. The van der Waals surface area contributed by atoms with Gasteiger partial charge in [0.2, 0.25) is 0 Å². The zero-order valence-corrected chi connectivity index (χ0v) is 25.2. The Morgan fingerprint density at radius 2 is 0.952 bits per heavy atom. The van der Waals surface area contributed by atoms with Crippen molar-refractivity contribution in [2.75, 3.05) is 13.2 Å². The van der Waals surface area contributed by atoms with Crippen molar-refractivity contribution in [3.05, 3.63) is 82.9 Å². The summed E-state index contributed by atoms with van der Waals surface area (Å²) in [6.45, 7) is 5.50. The Morgan fingerprint density at radius 3 is 1.36 bits per heavy atom. The summed E-state index contributed by atoms with van der Waals surface area (Å²) in [5.74, 6) is -0.148. The first-order chi connectivity index (χ1) is 20.4. The zero-order chi connectivity index (χ0) is 30.2. The van der Waals surface area contributed by atoms with Gasteiger partial charge in [-0.25, -0.2) is 0 Å². The van der Waals surface area contributed by atoms with E-state index in [2.05, 4.69) is 13.8 Å². The summed E-state index contributed by atoms with van der Waals surface area (Å²) in [7, 11) is 0. The average molecular weight is 575 g/mol. The fraction of sp³-hybridized carbons (Fsp3) is 0.444. The van der Waals surface area contributed by atoms with Gasteiger partial charge in [0.05, 0.1) is 24.3 Å². The fourth-order valence-corrected chi connectivity index (χ4v) is 4.84. The van der Waals surface area contributed by atoms with E-state index in [9.17, 15) is 19.8 Å². The first kappa shape index (κ1) is 32.7. The Kier molecular flexibility index (Phi) is 13.9. The van der Waals surface area contributed by atoms with Gasteiger partial charge in [0.15, 0.2) is 11.6 Å². The quantitative estimate of drug-likeness (QED) is 0.103. The van der Waals surface area contributed by atoms with E-state index in [0.717, 1.165) is 25.7 Å². The molecule has 226 valence electrons. The van der Waals surface area contributed by atoms with Gasteiger partial charge in [0, 0.05) is 23.3 Å². The predicted octanol–water partition coefficient (Wildman–Crippen LogP) is 9.04. The minimum Gasteiger partial charge on any atom is -0.507 e. The molecule has 3 aromatic rings. The molecule has 0 unspecified atom stereocenters. The SMILES string of the molecule is CCCCCCCCOc1ccc(C(=O)c2cccc(C(=O)c3ccc(OCCCCCCCC)cc3O)c2)c(O)c1. The number of rotatable bonds is 20. The third-order valence-corrected chi connectivity index (χ3v) is 7.35. The Morgan fingerprint density at radius 1 is 0.548 bits per heavy atom. The lowest BCUT2D eigenvalue weighted by atomic mass is 9.96. The fourth-order valence-electron chi connectivity index (χ4n) is 4.84. The van der Waals surface area contributed by atoms with Gasteiger partial charge in [-0.1, -0.05) is 96.3 Å². The molecule has 0 amide bonds. The van der Waals surface area contributed by atoms with Crippen molar-refractivity contribution >= 4 is 11.6 Å². The lowest BCUT2D eigenvalue weighted by molar-refractivity contribution is 0.103. The Bertz CT molecular complexity index is 1190. The molecule has 0 heterocycles. The second-order valence-corrected chi connectivity index (χ2v) is 10.8. The van der Waals surface area contributed by atoms with Crippen molar-refractivity contribution in [2.24, 2.45) is 0 Å². The van der Waals surface area contributed by atoms with Crippen molar-refractivity contribution < 1.29 is 29.3 Å². The Labute approximate surface area is 250 Å². The summed E-state index contributed by atoms with van der Waals surface area (Å²) in [5.41, 5.74) is 0.771. The van der Waals surface area contributed by atoms with Crippen molar-refractivity contribution in [3.63, 3.8) is 0 Å². The van der Waals surface area contributed by atoms with Crippen molar-refractivity contribution in [3.8, 4) is 23.0 Å². The van der Waals surface area contributed by atoms with Gasteiger partial charge in [-0.2, -0.15) is 0 Å². The van der Waals surface area contributed by atoms with Crippen molar-refractivity contribution in [1.29, 1.82) is 0 Å². The van der Waals surface area contributed by atoms with Crippen LogP contribution in [0, 0.1) is 0 Å². The summed E-state index contributed by atoms with van der Waals surface area (Å²) in [6.07, 6.45) is 13.9. The monoisotopic (exact) mass is 574 g/mol. The highest BCUT2D eigenvalue weighted by molar-refractivity contribution is 6.14. The number of hydrogen-bond acceptors (Lipinski definition) is 6. The summed E-state index contributed by atoms with van der Waals surface area (Å²) < 4.78 is 11.5. The molecular formula is C36H46O6. The number of unbranched alkanes of at least 4 members (excludes halogenated alkanes) is 10. The van der Waals surface area contributed by atoms with E-state index in [-0.39, 0.29) is 33.8 Å². The normalized spacial score (nSPS) is 10.9. The van der Waals surface area contributed by atoms with E-state index < -0.39 is 11.6 Å². The molecule has 0 fully saturated rings. The van der Waals surface area contributed by atoms with Crippen molar-refractivity contribution in [2.45, 2.75) is 90.9 Å². The van der Waals surface area contributed by atoms with Crippen LogP contribution in [0.3, 0.4) is 0 Å². The van der Waals surface area contributed by atoms with Crippen LogP contribution < -0.4 is 9.47 Å². The van der Waals surface area contributed by atoms with Crippen LogP contribution in [0.1, 0.15) is 123 Å². The number of benzene rings is 3. The molecule has 0 atom stereocenters. The minimum atomic E-state index is -0.410. The smallest absolute Gasteiger partial charge is 0.196 e. The van der Waals surface area contributed by atoms with Crippen LogP contribution in [-0.2, 0) is 0 Å². The predicted molar refractivity (Wildman–Crippen MR) is 167 cm³/mol. The first-order valence-electron chi connectivity index (χ1n) is 15.6. The molecular weight excluding hydrogens is 528 g/mol. The van der Waals surface area contributed by atoms with E-state index in [0.29, 0.717) is 24.7 Å². The van der Waals surface area contributed by atoms with Gasteiger partial charge in [0.1, 0.15) is 23.0 Å². The molecule has 6 heteroatoms. The maximum atomic E-state index is 13.2. The molecule has 3 aromatic carbocycles. The van der Waals surface area contributed by atoms with Crippen LogP contribution >= 0.6 is 0 Å². The van der Waals surface area contributed by atoms with Gasteiger partial charge in [-0.15, -0.1) is 0 Å². The van der Waals surface area contributed by atoms with Crippen LogP contribution in [0.15, 0.2) is 60.7 Å². The average Bonchev–Trinajstić information content (AvgIpc) is 3.00. The highest BCUT2D eigenvalue weighted by Crippen LogP contribution is 2.29. The van der Waals surface area contributed by atoms with Crippen LogP contribution in [-0.4, -0.2) is 35.0 Å². The third-order valence-electron chi connectivity index (χ3n) is 7.35. The number of phenols is 2. The van der Waals surface area contributed by atoms with Crippen LogP contribution in [0.4, 0.5) is 0 Å². The second kappa shape index (κ2) is 17.9. The largest absolute Gasteiger partial charge is 0.507 e. The first-order valence-corrected chi connectivity index (χ1v) is 15.6. The molecule has 42 heavy (non-hydrogen) atoms. The number of aromatic hydroxyl groups is 2.